The number of halogens is 2. The molecule has 9 nitrogen and oxygen atoms in total. The topological polar surface area (TPSA) is 122 Å². The van der Waals surface area contributed by atoms with Crippen LogP contribution in [0.15, 0.2) is 24.3 Å². The minimum atomic E-state index is -1.15. The van der Waals surface area contributed by atoms with Crippen molar-refractivity contribution in [2.45, 2.75) is 27.1 Å². The second kappa shape index (κ2) is 8.37. The number of nitrogens with zero attached hydrogens (tertiary/aromatic N) is 2. The lowest BCUT2D eigenvalue weighted by Crippen LogP contribution is -2.09. The first-order valence-corrected chi connectivity index (χ1v) is 7.76. The highest BCUT2D eigenvalue weighted by Gasteiger charge is 2.19. The summed E-state index contributed by atoms with van der Waals surface area (Å²) in [5.41, 5.74) is -0.433. The second-order valence-electron chi connectivity index (χ2n) is 5.80. The van der Waals surface area contributed by atoms with Gasteiger partial charge < -0.3 is 9.47 Å². The van der Waals surface area contributed by atoms with Crippen LogP contribution < -0.4 is 0 Å². The maximum atomic E-state index is 13.5. The Labute approximate surface area is 156 Å². The first-order chi connectivity index (χ1) is 13.1. The molecule has 0 amide bonds. The minimum absolute atomic E-state index is 0.207. The normalized spacial score (nSPS) is 10.4. The van der Waals surface area contributed by atoms with Crippen LogP contribution in [0.3, 0.4) is 0 Å². The number of aryl methyl sites for hydroxylation is 2. The van der Waals surface area contributed by atoms with Gasteiger partial charge in [-0.25, -0.2) is 4.79 Å². The third-order valence-electron chi connectivity index (χ3n) is 3.90. The van der Waals surface area contributed by atoms with Gasteiger partial charge in [0.25, 0.3) is 0 Å². The first-order valence-electron chi connectivity index (χ1n) is 7.76. The summed E-state index contributed by atoms with van der Waals surface area (Å²) in [5.74, 6) is -2.02. The Morgan fingerprint density at radius 2 is 1.21 bits per heavy atom. The predicted octanol–water partition coefficient (Wildman–Crippen LogP) is 4.25. The Morgan fingerprint density at radius 3 is 1.54 bits per heavy atom. The summed E-state index contributed by atoms with van der Waals surface area (Å²) in [5, 5.41) is 21.5. The smallest absolute Gasteiger partial charge is 0.429 e. The van der Waals surface area contributed by atoms with E-state index in [-0.39, 0.29) is 11.1 Å². The van der Waals surface area contributed by atoms with Gasteiger partial charge in [-0.05, 0) is 48.2 Å². The molecule has 11 heteroatoms. The van der Waals surface area contributed by atoms with Crippen LogP contribution >= 0.6 is 0 Å². The summed E-state index contributed by atoms with van der Waals surface area (Å²) in [6.07, 6.45) is -1.15. The van der Waals surface area contributed by atoms with Crippen LogP contribution in [0.5, 0.6) is 0 Å². The van der Waals surface area contributed by atoms with Crippen molar-refractivity contribution < 1.29 is 32.9 Å². The van der Waals surface area contributed by atoms with E-state index in [4.69, 9.17) is 9.47 Å². The summed E-state index contributed by atoms with van der Waals surface area (Å²) >= 11 is 0. The highest BCUT2D eigenvalue weighted by molar-refractivity contribution is 5.60. The minimum Gasteiger partial charge on any atom is -0.429 e. The molecule has 0 saturated carbocycles. The van der Waals surface area contributed by atoms with Crippen molar-refractivity contribution in [2.24, 2.45) is 0 Å². The number of ether oxygens (including phenoxy) is 2. The monoisotopic (exact) mass is 396 g/mol. The fourth-order valence-electron chi connectivity index (χ4n) is 2.31. The Balaban J connectivity index is 2.03. The third kappa shape index (κ3) is 4.75. The Kier molecular flexibility index (Phi) is 6.18. The molecular weight excluding hydrogens is 382 g/mol. The first kappa shape index (κ1) is 20.7. The Hall–Kier alpha value is -3.63. The van der Waals surface area contributed by atoms with Crippen LogP contribution in [-0.4, -0.2) is 16.0 Å². The zero-order valence-electron chi connectivity index (χ0n) is 14.7. The number of carbonyl (C=O) groups excluding carboxylic acids is 1. The second-order valence-corrected chi connectivity index (χ2v) is 5.80. The molecule has 0 unspecified atom stereocenters. The van der Waals surface area contributed by atoms with E-state index >= 15 is 0 Å². The third-order valence-corrected chi connectivity index (χ3v) is 3.90. The highest BCUT2D eigenvalue weighted by atomic mass is 19.1. The zero-order valence-corrected chi connectivity index (χ0v) is 14.7. The van der Waals surface area contributed by atoms with Crippen molar-refractivity contribution in [3.63, 3.8) is 0 Å². The van der Waals surface area contributed by atoms with Crippen LogP contribution in [0.25, 0.3) is 0 Å². The molecule has 2 aromatic rings. The van der Waals surface area contributed by atoms with Gasteiger partial charge in [0.1, 0.15) is 13.2 Å². The van der Waals surface area contributed by atoms with Gasteiger partial charge in [0.05, 0.1) is 9.85 Å². The van der Waals surface area contributed by atoms with E-state index in [0.29, 0.717) is 11.1 Å². The van der Waals surface area contributed by atoms with Crippen LogP contribution in [-0.2, 0) is 22.7 Å². The molecule has 0 bridgehead atoms. The van der Waals surface area contributed by atoms with Crippen LogP contribution in [0.1, 0.15) is 22.3 Å². The van der Waals surface area contributed by atoms with E-state index in [9.17, 15) is 33.8 Å². The molecule has 0 aliphatic carbocycles. The summed E-state index contributed by atoms with van der Waals surface area (Å²) in [4.78, 5) is 31.5. The van der Waals surface area contributed by atoms with E-state index in [1.54, 1.807) is 0 Å². The molecular formula is C17H14F2N2O7. The molecule has 0 fully saturated rings. The molecule has 0 radical (unpaired) electrons. The van der Waals surface area contributed by atoms with E-state index < -0.39 is 52.2 Å². The number of nitro groups is 2. The van der Waals surface area contributed by atoms with E-state index in [2.05, 4.69) is 0 Å². The average molecular weight is 396 g/mol. The van der Waals surface area contributed by atoms with Crippen LogP contribution in [0, 0.1) is 45.7 Å². The predicted molar refractivity (Wildman–Crippen MR) is 90.6 cm³/mol. The Bertz CT molecular complexity index is 888. The number of rotatable bonds is 6. The lowest BCUT2D eigenvalue weighted by Gasteiger charge is -2.10. The summed E-state index contributed by atoms with van der Waals surface area (Å²) in [7, 11) is 0. The van der Waals surface area contributed by atoms with Crippen molar-refractivity contribution in [2.75, 3.05) is 0 Å². The molecule has 0 spiro atoms. The van der Waals surface area contributed by atoms with Gasteiger partial charge in [0, 0.05) is 12.1 Å². The largest absolute Gasteiger partial charge is 0.508 e. The van der Waals surface area contributed by atoms with Gasteiger partial charge >= 0.3 is 17.5 Å². The Morgan fingerprint density at radius 1 is 0.857 bits per heavy atom. The zero-order chi connectivity index (χ0) is 21.0. The van der Waals surface area contributed by atoms with Gasteiger partial charge in [-0.15, -0.1) is 0 Å². The molecule has 0 heterocycles. The van der Waals surface area contributed by atoms with Gasteiger partial charge in [0.15, 0.2) is 0 Å². The molecule has 148 valence electrons. The maximum absolute atomic E-state index is 13.5. The molecule has 0 atom stereocenters. The van der Waals surface area contributed by atoms with E-state index in [1.807, 2.05) is 0 Å². The number of carbonyl (C=O) groups is 1. The van der Waals surface area contributed by atoms with Gasteiger partial charge in [0.2, 0.25) is 11.6 Å². The molecule has 0 N–H and O–H groups in total. The summed E-state index contributed by atoms with van der Waals surface area (Å²) in [6, 6.07) is 3.79. The number of hydrogen-bond donors (Lipinski definition) is 0. The molecule has 0 aliphatic heterocycles. The lowest BCUT2D eigenvalue weighted by molar-refractivity contribution is -0.387. The van der Waals surface area contributed by atoms with Gasteiger partial charge in [-0.3, -0.25) is 20.2 Å². The molecule has 0 aliphatic rings. The average Bonchev–Trinajstić information content (AvgIpc) is 2.59. The van der Waals surface area contributed by atoms with Crippen molar-refractivity contribution in [1.29, 1.82) is 0 Å². The molecule has 0 aromatic heterocycles. The quantitative estimate of drug-likeness (QED) is 0.406. The summed E-state index contributed by atoms with van der Waals surface area (Å²) in [6.45, 7) is 2.15. The van der Waals surface area contributed by atoms with Crippen LogP contribution in [0.2, 0.25) is 0 Å². The summed E-state index contributed by atoms with van der Waals surface area (Å²) < 4.78 is 36.7. The fourth-order valence-corrected chi connectivity index (χ4v) is 2.31. The number of nitro benzene ring substituents is 2. The number of benzene rings is 2. The SMILES string of the molecule is Cc1cc(F)c([N+](=O)[O-])cc1COC(=O)OCc1cc([N+](=O)[O-])c(F)cc1C. The van der Waals surface area contributed by atoms with Crippen molar-refractivity contribution >= 4 is 17.5 Å². The molecule has 0 saturated heterocycles. The van der Waals surface area contributed by atoms with Crippen molar-refractivity contribution in [1.82, 2.24) is 0 Å². The number of hydrogen-bond acceptors (Lipinski definition) is 7. The lowest BCUT2D eigenvalue weighted by atomic mass is 10.1. The molecule has 2 rings (SSSR count). The van der Waals surface area contributed by atoms with Crippen molar-refractivity contribution in [3.8, 4) is 0 Å². The fraction of sp³-hybridized carbons (Fsp3) is 0.235. The highest BCUT2D eigenvalue weighted by Crippen LogP contribution is 2.24. The standard InChI is InChI=1S/C17H14F2N2O7/c1-9-3-13(18)15(20(23)24)5-11(9)7-27-17(22)28-8-12-6-16(21(25)26)14(19)4-10(12)2/h3-6H,7-8H2,1-2H3. The molecule has 28 heavy (non-hydrogen) atoms. The van der Waals surface area contributed by atoms with Crippen molar-refractivity contribution in [3.05, 3.63) is 78.4 Å². The van der Waals surface area contributed by atoms with E-state index in [0.717, 1.165) is 24.3 Å². The van der Waals surface area contributed by atoms with Crippen LogP contribution in [0.4, 0.5) is 25.0 Å². The molecule has 2 aromatic carbocycles. The maximum Gasteiger partial charge on any atom is 0.508 e. The van der Waals surface area contributed by atoms with Gasteiger partial charge in [-0.1, -0.05) is 0 Å². The van der Waals surface area contributed by atoms with Gasteiger partial charge in [-0.2, -0.15) is 8.78 Å². The van der Waals surface area contributed by atoms with E-state index in [1.165, 1.54) is 13.8 Å².